The van der Waals surface area contributed by atoms with Crippen LogP contribution in [0.4, 0.5) is 5.95 Å². The van der Waals surface area contributed by atoms with Gasteiger partial charge in [-0.2, -0.15) is 0 Å². The van der Waals surface area contributed by atoms with Crippen molar-refractivity contribution in [3.63, 3.8) is 0 Å². The fourth-order valence-electron chi connectivity index (χ4n) is 3.29. The van der Waals surface area contributed by atoms with Crippen molar-refractivity contribution in [1.82, 2.24) is 9.55 Å². The molecule has 102 valence electrons. The first-order chi connectivity index (χ1) is 8.45. The largest absolute Gasteiger partial charge is 0.353 e. The average Bonchev–Trinajstić information content (AvgIpc) is 2.56. The molecule has 18 heavy (non-hydrogen) atoms. The minimum atomic E-state index is 0.434. The molecule has 2 atom stereocenters. The number of imidazole rings is 1. The summed E-state index contributed by atoms with van der Waals surface area (Å²) in [5.41, 5.74) is 1.11. The molecule has 3 nitrogen and oxygen atoms in total. The molecular weight excluding hydrogens is 222 g/mol. The number of hydrogen-bond donors (Lipinski definition) is 1. The number of hydrogen-bond acceptors (Lipinski definition) is 2. The normalized spacial score (nSPS) is 28.7. The Balaban J connectivity index is 2.20. The van der Waals surface area contributed by atoms with Gasteiger partial charge < -0.3 is 9.88 Å². The van der Waals surface area contributed by atoms with E-state index in [4.69, 9.17) is 0 Å². The quantitative estimate of drug-likeness (QED) is 0.877. The van der Waals surface area contributed by atoms with Crippen molar-refractivity contribution in [3.05, 3.63) is 11.9 Å². The van der Waals surface area contributed by atoms with Crippen LogP contribution in [0.3, 0.4) is 0 Å². The lowest BCUT2D eigenvalue weighted by Crippen LogP contribution is -2.24. The Labute approximate surface area is 111 Å². The smallest absolute Gasteiger partial charge is 0.203 e. The molecule has 1 aromatic heterocycles. The van der Waals surface area contributed by atoms with E-state index in [0.29, 0.717) is 12.1 Å². The van der Waals surface area contributed by atoms with Gasteiger partial charge in [-0.1, -0.05) is 13.8 Å². The lowest BCUT2D eigenvalue weighted by Gasteiger charge is -2.33. The Hall–Kier alpha value is -0.990. The van der Waals surface area contributed by atoms with E-state index in [9.17, 15) is 0 Å². The van der Waals surface area contributed by atoms with Crippen molar-refractivity contribution in [2.45, 2.75) is 66.0 Å². The standard InChI is InChI=1S/C15H27N3/c1-10(2)16-15-17-13(5)9-18(15)14-7-11(3)6-12(4)8-14/h9-12,14H,6-8H2,1-5H3,(H,16,17). The van der Waals surface area contributed by atoms with Crippen molar-refractivity contribution < 1.29 is 0 Å². The third-order valence-corrected chi connectivity index (χ3v) is 3.82. The molecule has 2 unspecified atom stereocenters. The monoisotopic (exact) mass is 249 g/mol. The van der Waals surface area contributed by atoms with Crippen molar-refractivity contribution in [2.24, 2.45) is 11.8 Å². The molecule has 1 saturated carbocycles. The van der Waals surface area contributed by atoms with Crippen molar-refractivity contribution in [1.29, 1.82) is 0 Å². The molecule has 1 heterocycles. The van der Waals surface area contributed by atoms with Gasteiger partial charge in [0.15, 0.2) is 0 Å². The van der Waals surface area contributed by atoms with Crippen LogP contribution in [0.25, 0.3) is 0 Å². The molecular formula is C15H27N3. The van der Waals surface area contributed by atoms with E-state index in [-0.39, 0.29) is 0 Å². The van der Waals surface area contributed by atoms with Gasteiger partial charge in [0, 0.05) is 18.3 Å². The minimum Gasteiger partial charge on any atom is -0.353 e. The molecule has 0 radical (unpaired) electrons. The van der Waals surface area contributed by atoms with Gasteiger partial charge in [-0.15, -0.1) is 0 Å². The summed E-state index contributed by atoms with van der Waals surface area (Å²) in [6.07, 6.45) is 6.15. The van der Waals surface area contributed by atoms with Crippen LogP contribution in [0, 0.1) is 18.8 Å². The fourth-order valence-corrected chi connectivity index (χ4v) is 3.29. The molecule has 2 rings (SSSR count). The van der Waals surface area contributed by atoms with Crippen LogP contribution in [-0.4, -0.2) is 15.6 Å². The SMILES string of the molecule is Cc1cn(C2CC(C)CC(C)C2)c(NC(C)C)n1. The van der Waals surface area contributed by atoms with Gasteiger partial charge in [0.1, 0.15) is 0 Å². The summed E-state index contributed by atoms with van der Waals surface area (Å²) in [6.45, 7) is 11.2. The van der Waals surface area contributed by atoms with E-state index in [1.165, 1.54) is 19.3 Å². The Morgan fingerprint density at radius 3 is 2.39 bits per heavy atom. The lowest BCUT2D eigenvalue weighted by atomic mass is 9.80. The predicted molar refractivity (Wildman–Crippen MR) is 76.9 cm³/mol. The number of aryl methyl sites for hydroxylation is 1. The summed E-state index contributed by atoms with van der Waals surface area (Å²) in [5, 5.41) is 3.47. The summed E-state index contributed by atoms with van der Waals surface area (Å²) in [4.78, 5) is 4.63. The first-order valence-electron chi connectivity index (χ1n) is 7.27. The lowest BCUT2D eigenvalue weighted by molar-refractivity contribution is 0.222. The molecule has 1 aromatic rings. The molecule has 0 aromatic carbocycles. The van der Waals surface area contributed by atoms with Gasteiger partial charge in [-0.25, -0.2) is 4.98 Å². The number of anilines is 1. The van der Waals surface area contributed by atoms with E-state index in [0.717, 1.165) is 23.5 Å². The third kappa shape index (κ3) is 3.06. The number of nitrogens with one attached hydrogen (secondary N) is 1. The first kappa shape index (κ1) is 13.4. The first-order valence-corrected chi connectivity index (χ1v) is 7.27. The van der Waals surface area contributed by atoms with E-state index in [1.54, 1.807) is 0 Å². The molecule has 0 bridgehead atoms. The average molecular weight is 249 g/mol. The van der Waals surface area contributed by atoms with Crippen molar-refractivity contribution in [2.75, 3.05) is 5.32 Å². The maximum atomic E-state index is 4.63. The number of nitrogens with zero attached hydrogens (tertiary/aromatic N) is 2. The second-order valence-corrected chi connectivity index (χ2v) is 6.48. The summed E-state index contributed by atoms with van der Waals surface area (Å²) in [6, 6.07) is 1.05. The van der Waals surface area contributed by atoms with Crippen LogP contribution in [0.2, 0.25) is 0 Å². The summed E-state index contributed by atoms with van der Waals surface area (Å²) >= 11 is 0. The van der Waals surface area contributed by atoms with Crippen molar-refractivity contribution >= 4 is 5.95 Å². The Morgan fingerprint density at radius 2 is 1.83 bits per heavy atom. The highest BCUT2D eigenvalue weighted by Gasteiger charge is 2.26. The van der Waals surface area contributed by atoms with E-state index in [2.05, 4.69) is 55.7 Å². The van der Waals surface area contributed by atoms with Gasteiger partial charge in [0.2, 0.25) is 5.95 Å². The number of aromatic nitrogens is 2. The van der Waals surface area contributed by atoms with Crippen LogP contribution >= 0.6 is 0 Å². The van der Waals surface area contributed by atoms with Gasteiger partial charge in [-0.05, 0) is 51.9 Å². The van der Waals surface area contributed by atoms with Crippen LogP contribution in [0.15, 0.2) is 6.20 Å². The highest BCUT2D eigenvalue weighted by Crippen LogP contribution is 2.37. The molecule has 0 aliphatic heterocycles. The second kappa shape index (κ2) is 5.33. The molecule has 0 spiro atoms. The topological polar surface area (TPSA) is 29.9 Å². The van der Waals surface area contributed by atoms with Crippen LogP contribution in [0.1, 0.15) is 58.7 Å². The highest BCUT2D eigenvalue weighted by molar-refractivity contribution is 5.30. The Kier molecular flexibility index (Phi) is 3.98. The highest BCUT2D eigenvalue weighted by atomic mass is 15.2. The molecule has 3 heteroatoms. The maximum absolute atomic E-state index is 4.63. The predicted octanol–water partition coefficient (Wildman–Crippen LogP) is 4.01. The number of rotatable bonds is 3. The zero-order valence-electron chi connectivity index (χ0n) is 12.4. The van der Waals surface area contributed by atoms with Crippen LogP contribution < -0.4 is 5.32 Å². The second-order valence-electron chi connectivity index (χ2n) is 6.48. The minimum absolute atomic E-state index is 0.434. The van der Waals surface area contributed by atoms with Gasteiger partial charge in [-0.3, -0.25) is 0 Å². The summed E-state index contributed by atoms with van der Waals surface area (Å²) < 4.78 is 2.38. The van der Waals surface area contributed by atoms with Gasteiger partial charge in [0.25, 0.3) is 0 Å². The molecule has 0 saturated heterocycles. The van der Waals surface area contributed by atoms with Crippen LogP contribution in [-0.2, 0) is 0 Å². The van der Waals surface area contributed by atoms with Crippen molar-refractivity contribution in [3.8, 4) is 0 Å². The molecule has 1 aliphatic rings. The maximum Gasteiger partial charge on any atom is 0.203 e. The van der Waals surface area contributed by atoms with E-state index >= 15 is 0 Å². The van der Waals surface area contributed by atoms with Crippen LogP contribution in [0.5, 0.6) is 0 Å². The molecule has 1 N–H and O–H groups in total. The van der Waals surface area contributed by atoms with Gasteiger partial charge in [0.05, 0.1) is 5.69 Å². The molecule has 1 aliphatic carbocycles. The van der Waals surface area contributed by atoms with E-state index < -0.39 is 0 Å². The molecule has 1 fully saturated rings. The third-order valence-electron chi connectivity index (χ3n) is 3.82. The zero-order chi connectivity index (χ0) is 13.3. The van der Waals surface area contributed by atoms with E-state index in [1.807, 2.05) is 0 Å². The summed E-state index contributed by atoms with van der Waals surface area (Å²) in [7, 11) is 0. The van der Waals surface area contributed by atoms with Gasteiger partial charge >= 0.3 is 0 Å². The molecule has 0 amide bonds. The summed E-state index contributed by atoms with van der Waals surface area (Å²) in [5.74, 6) is 2.70. The zero-order valence-corrected chi connectivity index (χ0v) is 12.4. The fraction of sp³-hybridized carbons (Fsp3) is 0.800. The Morgan fingerprint density at radius 1 is 1.22 bits per heavy atom. The Bertz CT molecular complexity index is 384.